The summed E-state index contributed by atoms with van der Waals surface area (Å²) >= 11 is 0. The predicted molar refractivity (Wildman–Crippen MR) is 68.7 cm³/mol. The van der Waals surface area contributed by atoms with E-state index in [1.165, 1.54) is 6.92 Å². The molecule has 1 fully saturated rings. The molecule has 2 atom stereocenters. The van der Waals surface area contributed by atoms with E-state index in [2.05, 4.69) is 10.6 Å². The Morgan fingerprint density at radius 2 is 2.10 bits per heavy atom. The van der Waals surface area contributed by atoms with Crippen molar-refractivity contribution in [2.45, 2.75) is 25.8 Å². The molecule has 116 valence electrons. The first-order valence-electron chi connectivity index (χ1n) is 6.59. The van der Waals surface area contributed by atoms with Crippen molar-refractivity contribution in [3.8, 4) is 0 Å². The van der Waals surface area contributed by atoms with Crippen LogP contribution < -0.4 is 10.6 Å². The number of hydrogen-bond donors (Lipinski definition) is 3. The number of alkyl halides is 2. The van der Waals surface area contributed by atoms with Crippen LogP contribution in [0.1, 0.15) is 13.3 Å². The highest BCUT2D eigenvalue weighted by Crippen LogP contribution is 2.17. The number of aliphatic carboxylic acids is 1. The minimum Gasteiger partial charge on any atom is -0.481 e. The number of likely N-dealkylation sites (tertiary alicyclic amines) is 1. The van der Waals surface area contributed by atoms with Gasteiger partial charge in [0.05, 0.1) is 12.5 Å². The first-order chi connectivity index (χ1) is 9.38. The van der Waals surface area contributed by atoms with Crippen molar-refractivity contribution >= 4 is 11.9 Å². The molecule has 0 aromatic heterocycles. The number of amides is 1. The summed E-state index contributed by atoms with van der Waals surface area (Å²) in [6.07, 6.45) is -2.10. The van der Waals surface area contributed by atoms with Gasteiger partial charge < -0.3 is 15.7 Å². The SMILES string of the molecule is CC(=O)NCCN1CC(NCC(F)F)CC(C(=O)O)C1. The average Bonchev–Trinajstić information content (AvgIpc) is 2.35. The molecule has 0 aliphatic carbocycles. The van der Waals surface area contributed by atoms with Crippen molar-refractivity contribution in [2.75, 3.05) is 32.7 Å². The molecule has 6 nitrogen and oxygen atoms in total. The molecule has 1 aliphatic heterocycles. The van der Waals surface area contributed by atoms with Crippen LogP contribution in [0.3, 0.4) is 0 Å². The molecular formula is C12H21F2N3O3. The molecule has 0 aromatic carbocycles. The lowest BCUT2D eigenvalue weighted by Gasteiger charge is -2.36. The van der Waals surface area contributed by atoms with Crippen molar-refractivity contribution in [2.24, 2.45) is 5.92 Å². The molecular weight excluding hydrogens is 272 g/mol. The minimum atomic E-state index is -2.45. The summed E-state index contributed by atoms with van der Waals surface area (Å²) in [6, 6.07) is -0.267. The van der Waals surface area contributed by atoms with E-state index in [1.54, 1.807) is 0 Å². The van der Waals surface area contributed by atoms with Gasteiger partial charge in [0.1, 0.15) is 0 Å². The molecule has 0 bridgehead atoms. The zero-order valence-corrected chi connectivity index (χ0v) is 11.4. The van der Waals surface area contributed by atoms with Gasteiger partial charge in [0.25, 0.3) is 6.43 Å². The number of rotatable bonds is 7. The van der Waals surface area contributed by atoms with Crippen molar-refractivity contribution in [1.82, 2.24) is 15.5 Å². The van der Waals surface area contributed by atoms with Gasteiger partial charge in [-0.3, -0.25) is 14.5 Å². The zero-order valence-electron chi connectivity index (χ0n) is 11.4. The fraction of sp³-hybridized carbons (Fsp3) is 0.833. The Bertz CT molecular complexity index is 342. The summed E-state index contributed by atoms with van der Waals surface area (Å²) in [6.45, 7) is 2.79. The van der Waals surface area contributed by atoms with Gasteiger partial charge in [-0.15, -0.1) is 0 Å². The van der Waals surface area contributed by atoms with Crippen LogP contribution in [0.4, 0.5) is 8.78 Å². The van der Waals surface area contributed by atoms with Crippen LogP contribution in [0.15, 0.2) is 0 Å². The number of carbonyl (C=O) groups excluding carboxylic acids is 1. The molecule has 1 heterocycles. The maximum atomic E-state index is 12.2. The van der Waals surface area contributed by atoms with Crippen molar-refractivity contribution in [3.05, 3.63) is 0 Å². The molecule has 8 heteroatoms. The molecule has 3 N–H and O–H groups in total. The molecule has 1 rings (SSSR count). The molecule has 20 heavy (non-hydrogen) atoms. The second-order valence-electron chi connectivity index (χ2n) is 5.01. The van der Waals surface area contributed by atoms with Gasteiger partial charge in [0.15, 0.2) is 0 Å². The van der Waals surface area contributed by atoms with E-state index < -0.39 is 24.9 Å². The van der Waals surface area contributed by atoms with E-state index in [9.17, 15) is 18.4 Å². The molecule has 0 spiro atoms. The van der Waals surface area contributed by atoms with Gasteiger partial charge in [-0.25, -0.2) is 8.78 Å². The number of nitrogens with one attached hydrogen (secondary N) is 2. The summed E-state index contributed by atoms with van der Waals surface area (Å²) in [5.41, 5.74) is 0. The molecule has 0 radical (unpaired) electrons. The van der Waals surface area contributed by atoms with Gasteiger partial charge in [0.2, 0.25) is 5.91 Å². The Balaban J connectivity index is 2.47. The van der Waals surface area contributed by atoms with Crippen molar-refractivity contribution in [3.63, 3.8) is 0 Å². The van der Waals surface area contributed by atoms with Crippen LogP contribution in [0, 0.1) is 5.92 Å². The number of halogens is 2. The van der Waals surface area contributed by atoms with Crippen LogP contribution in [-0.2, 0) is 9.59 Å². The number of nitrogens with zero attached hydrogens (tertiary/aromatic N) is 1. The standard InChI is InChI=1S/C12H21F2N3O3/c1-8(18)15-2-3-17-6-9(12(19)20)4-10(7-17)16-5-11(13)14/h9-11,16H,2-7H2,1H3,(H,15,18)(H,19,20). The van der Waals surface area contributed by atoms with Crippen molar-refractivity contribution in [1.29, 1.82) is 0 Å². The van der Waals surface area contributed by atoms with Crippen LogP contribution in [0.25, 0.3) is 0 Å². The van der Waals surface area contributed by atoms with Crippen molar-refractivity contribution < 1.29 is 23.5 Å². The lowest BCUT2D eigenvalue weighted by atomic mass is 9.94. The zero-order chi connectivity index (χ0) is 15.1. The summed E-state index contributed by atoms with van der Waals surface area (Å²) in [5.74, 6) is -1.64. The predicted octanol–water partition coefficient (Wildman–Crippen LogP) is -0.248. The van der Waals surface area contributed by atoms with E-state index in [0.29, 0.717) is 32.6 Å². The average molecular weight is 293 g/mol. The first-order valence-corrected chi connectivity index (χ1v) is 6.59. The summed E-state index contributed by atoms with van der Waals surface area (Å²) in [5, 5.41) is 14.4. The Morgan fingerprint density at radius 3 is 2.65 bits per heavy atom. The van der Waals surface area contributed by atoms with Gasteiger partial charge in [-0.2, -0.15) is 0 Å². The summed E-state index contributed by atoms with van der Waals surface area (Å²) < 4.78 is 24.4. The van der Waals surface area contributed by atoms with Gasteiger partial charge in [-0.05, 0) is 6.42 Å². The van der Waals surface area contributed by atoms with E-state index in [1.807, 2.05) is 4.90 Å². The van der Waals surface area contributed by atoms with E-state index >= 15 is 0 Å². The molecule has 1 amide bonds. The Hall–Kier alpha value is -1.28. The molecule has 1 aliphatic rings. The second-order valence-corrected chi connectivity index (χ2v) is 5.01. The maximum Gasteiger partial charge on any atom is 0.307 e. The fourth-order valence-corrected chi connectivity index (χ4v) is 2.35. The highest BCUT2D eigenvalue weighted by atomic mass is 19.3. The van der Waals surface area contributed by atoms with Crippen LogP contribution in [-0.4, -0.2) is 67.1 Å². The maximum absolute atomic E-state index is 12.2. The third-order valence-corrected chi connectivity index (χ3v) is 3.24. The van der Waals surface area contributed by atoms with Gasteiger partial charge >= 0.3 is 5.97 Å². The summed E-state index contributed by atoms with van der Waals surface area (Å²) in [7, 11) is 0. The second kappa shape index (κ2) is 8.11. The lowest BCUT2D eigenvalue weighted by molar-refractivity contribution is -0.144. The Labute approximate surface area is 116 Å². The highest BCUT2D eigenvalue weighted by molar-refractivity contribution is 5.72. The minimum absolute atomic E-state index is 0.149. The number of carboxylic acid groups (broad SMARTS) is 1. The highest BCUT2D eigenvalue weighted by Gasteiger charge is 2.31. The van der Waals surface area contributed by atoms with Gasteiger partial charge in [-0.1, -0.05) is 0 Å². The molecule has 0 aromatic rings. The fourth-order valence-electron chi connectivity index (χ4n) is 2.35. The Kier molecular flexibility index (Phi) is 6.80. The monoisotopic (exact) mass is 293 g/mol. The normalized spacial score (nSPS) is 23.8. The first kappa shape index (κ1) is 16.8. The topological polar surface area (TPSA) is 81.7 Å². The molecule has 0 saturated carbocycles. The summed E-state index contributed by atoms with van der Waals surface area (Å²) in [4.78, 5) is 23.7. The largest absolute Gasteiger partial charge is 0.481 e. The number of piperidine rings is 1. The quantitative estimate of drug-likeness (QED) is 0.603. The van der Waals surface area contributed by atoms with Gasteiger partial charge in [0, 0.05) is 39.1 Å². The van der Waals surface area contributed by atoms with Crippen LogP contribution >= 0.6 is 0 Å². The van der Waals surface area contributed by atoms with E-state index in [-0.39, 0.29) is 11.9 Å². The van der Waals surface area contributed by atoms with Crippen LogP contribution in [0.5, 0.6) is 0 Å². The molecule has 1 saturated heterocycles. The third-order valence-electron chi connectivity index (χ3n) is 3.24. The number of carbonyl (C=O) groups is 2. The van der Waals surface area contributed by atoms with Crippen LogP contribution in [0.2, 0.25) is 0 Å². The third kappa shape index (κ3) is 6.25. The lowest BCUT2D eigenvalue weighted by Crippen LogP contribution is -2.53. The molecule has 2 unspecified atom stereocenters. The van der Waals surface area contributed by atoms with E-state index in [4.69, 9.17) is 5.11 Å². The Morgan fingerprint density at radius 1 is 1.40 bits per heavy atom. The number of hydrogen-bond acceptors (Lipinski definition) is 4. The van der Waals surface area contributed by atoms with E-state index in [0.717, 1.165) is 0 Å². The number of carboxylic acids is 1. The smallest absolute Gasteiger partial charge is 0.307 e.